The van der Waals surface area contributed by atoms with Crippen LogP contribution in [-0.2, 0) is 5.75 Å². The Bertz CT molecular complexity index is 429. The van der Waals surface area contributed by atoms with Gasteiger partial charge in [0.05, 0.1) is 17.5 Å². The summed E-state index contributed by atoms with van der Waals surface area (Å²) in [6, 6.07) is 3.53. The van der Waals surface area contributed by atoms with E-state index in [4.69, 9.17) is 27.6 Å². The van der Waals surface area contributed by atoms with Crippen molar-refractivity contribution in [2.75, 3.05) is 0 Å². The van der Waals surface area contributed by atoms with Crippen molar-refractivity contribution in [1.82, 2.24) is 8.75 Å². The average Bonchev–Trinajstić information content (AvgIpc) is 2.72. The van der Waals surface area contributed by atoms with Crippen molar-refractivity contribution >= 4 is 46.7 Å². The molecular weight excluding hydrogens is 263 g/mol. The minimum atomic E-state index is 0.392. The van der Waals surface area contributed by atoms with Crippen molar-refractivity contribution in [2.24, 2.45) is 0 Å². The van der Waals surface area contributed by atoms with Crippen LogP contribution in [-0.4, -0.2) is 8.75 Å². The Morgan fingerprint density at radius 1 is 1.36 bits per heavy atom. The molecule has 0 amide bonds. The van der Waals surface area contributed by atoms with Gasteiger partial charge in [0.2, 0.25) is 0 Å². The van der Waals surface area contributed by atoms with Crippen molar-refractivity contribution in [3.05, 3.63) is 28.3 Å². The third-order valence-corrected chi connectivity index (χ3v) is 3.71. The van der Waals surface area contributed by atoms with Gasteiger partial charge in [-0.25, -0.2) is 0 Å². The van der Waals surface area contributed by atoms with Crippen LogP contribution in [0.1, 0.15) is 5.76 Å². The van der Waals surface area contributed by atoms with E-state index in [1.54, 1.807) is 6.07 Å². The number of hydrogen-bond acceptors (Lipinski definition) is 5. The lowest BCUT2D eigenvalue weighted by Gasteiger charge is -1.93. The number of hydrogen-bond donors (Lipinski definition) is 0. The Hall–Kier alpha value is -0.230. The lowest BCUT2D eigenvalue weighted by molar-refractivity contribution is 0.532. The van der Waals surface area contributed by atoms with E-state index in [0.29, 0.717) is 16.1 Å². The number of halogens is 2. The Morgan fingerprint density at radius 2 is 2.21 bits per heavy atom. The highest BCUT2D eigenvalue weighted by Gasteiger charge is 2.07. The zero-order valence-electron chi connectivity index (χ0n) is 6.74. The SMILES string of the molecule is Clc1ccc(CSc2nsnc2Cl)o1. The molecule has 0 N–H and O–H groups in total. The third kappa shape index (κ3) is 2.42. The second-order valence-electron chi connectivity index (χ2n) is 2.35. The van der Waals surface area contributed by atoms with E-state index in [1.807, 2.05) is 6.07 Å². The summed E-state index contributed by atoms with van der Waals surface area (Å²) in [5, 5.41) is 1.56. The molecule has 2 aromatic rings. The van der Waals surface area contributed by atoms with Gasteiger partial charge in [0.25, 0.3) is 0 Å². The fourth-order valence-electron chi connectivity index (χ4n) is 0.825. The standard InChI is InChI=1S/C7H4Cl2N2OS2/c8-5-2-1-4(12-5)3-13-7-6(9)10-14-11-7/h1-2H,3H2. The highest BCUT2D eigenvalue weighted by molar-refractivity contribution is 7.98. The Morgan fingerprint density at radius 3 is 2.79 bits per heavy atom. The van der Waals surface area contributed by atoms with Crippen LogP contribution >= 0.6 is 46.7 Å². The molecule has 0 aliphatic heterocycles. The van der Waals surface area contributed by atoms with E-state index >= 15 is 0 Å². The van der Waals surface area contributed by atoms with Crippen molar-refractivity contribution in [1.29, 1.82) is 0 Å². The van der Waals surface area contributed by atoms with E-state index in [9.17, 15) is 0 Å². The first-order valence-electron chi connectivity index (χ1n) is 3.61. The van der Waals surface area contributed by atoms with Gasteiger partial charge in [-0.2, -0.15) is 8.75 Å². The molecule has 2 aromatic heterocycles. The topological polar surface area (TPSA) is 38.9 Å². The first kappa shape index (κ1) is 10.3. The summed E-state index contributed by atoms with van der Waals surface area (Å²) in [5.41, 5.74) is 0. The predicted octanol–water partition coefficient (Wildman–Crippen LogP) is 3.73. The molecule has 74 valence electrons. The predicted molar refractivity (Wildman–Crippen MR) is 58.2 cm³/mol. The van der Waals surface area contributed by atoms with Crippen LogP contribution in [0, 0.1) is 0 Å². The summed E-state index contributed by atoms with van der Waals surface area (Å²) in [7, 11) is 0. The van der Waals surface area contributed by atoms with Crippen molar-refractivity contribution in [3.8, 4) is 0 Å². The fourth-order valence-corrected chi connectivity index (χ4v) is 2.66. The monoisotopic (exact) mass is 266 g/mol. The summed E-state index contributed by atoms with van der Waals surface area (Å²) in [5.74, 6) is 1.45. The summed E-state index contributed by atoms with van der Waals surface area (Å²) in [6.45, 7) is 0. The van der Waals surface area contributed by atoms with Gasteiger partial charge in [-0.15, -0.1) is 0 Å². The van der Waals surface area contributed by atoms with E-state index in [2.05, 4.69) is 8.75 Å². The molecule has 0 bridgehead atoms. The number of rotatable bonds is 3. The molecule has 3 nitrogen and oxygen atoms in total. The lowest BCUT2D eigenvalue weighted by atomic mass is 10.5. The largest absolute Gasteiger partial charge is 0.449 e. The molecule has 0 radical (unpaired) electrons. The van der Waals surface area contributed by atoms with Crippen LogP contribution in [0.15, 0.2) is 21.6 Å². The molecule has 0 saturated carbocycles. The minimum absolute atomic E-state index is 0.392. The van der Waals surface area contributed by atoms with Crippen LogP contribution in [0.25, 0.3) is 0 Å². The third-order valence-electron chi connectivity index (χ3n) is 1.40. The molecule has 0 spiro atoms. The summed E-state index contributed by atoms with van der Waals surface area (Å²) < 4.78 is 13.1. The summed E-state index contributed by atoms with van der Waals surface area (Å²) >= 11 is 14.0. The zero-order chi connectivity index (χ0) is 9.97. The zero-order valence-corrected chi connectivity index (χ0v) is 9.88. The molecule has 0 aromatic carbocycles. The van der Waals surface area contributed by atoms with Crippen molar-refractivity contribution < 1.29 is 4.42 Å². The molecule has 7 heteroatoms. The van der Waals surface area contributed by atoms with Crippen LogP contribution in [0.2, 0.25) is 10.4 Å². The molecule has 0 saturated heterocycles. The molecule has 0 aliphatic carbocycles. The lowest BCUT2D eigenvalue weighted by Crippen LogP contribution is -1.76. The van der Waals surface area contributed by atoms with E-state index in [1.165, 1.54) is 11.8 Å². The highest BCUT2D eigenvalue weighted by atomic mass is 35.5. The van der Waals surface area contributed by atoms with Gasteiger partial charge >= 0.3 is 0 Å². The van der Waals surface area contributed by atoms with Crippen LogP contribution in [0.5, 0.6) is 0 Å². The van der Waals surface area contributed by atoms with Crippen molar-refractivity contribution in [2.45, 2.75) is 10.8 Å². The smallest absolute Gasteiger partial charge is 0.193 e. The van der Waals surface area contributed by atoms with Gasteiger partial charge in [0.1, 0.15) is 10.8 Å². The minimum Gasteiger partial charge on any atom is -0.449 e. The van der Waals surface area contributed by atoms with Gasteiger partial charge in [0, 0.05) is 0 Å². The number of nitrogens with zero attached hydrogens (tertiary/aromatic N) is 2. The average molecular weight is 267 g/mol. The molecule has 14 heavy (non-hydrogen) atoms. The maximum Gasteiger partial charge on any atom is 0.193 e. The molecule has 0 fully saturated rings. The molecular formula is C7H4Cl2N2OS2. The fraction of sp³-hybridized carbons (Fsp3) is 0.143. The van der Waals surface area contributed by atoms with E-state index < -0.39 is 0 Å². The number of aromatic nitrogens is 2. The number of furan rings is 1. The Labute approximate surface area is 98.7 Å². The van der Waals surface area contributed by atoms with Gasteiger partial charge in [-0.1, -0.05) is 23.4 Å². The van der Waals surface area contributed by atoms with Crippen molar-refractivity contribution in [3.63, 3.8) is 0 Å². The highest BCUT2D eigenvalue weighted by Crippen LogP contribution is 2.28. The van der Waals surface area contributed by atoms with Gasteiger partial charge in [-0.05, 0) is 23.7 Å². The summed E-state index contributed by atoms with van der Waals surface area (Å²) in [6.07, 6.45) is 0. The maximum atomic E-state index is 5.77. The molecule has 0 unspecified atom stereocenters. The van der Waals surface area contributed by atoms with Crippen LogP contribution < -0.4 is 0 Å². The first-order valence-corrected chi connectivity index (χ1v) is 6.08. The second kappa shape index (κ2) is 4.53. The van der Waals surface area contributed by atoms with Crippen LogP contribution in [0.3, 0.4) is 0 Å². The molecule has 2 heterocycles. The van der Waals surface area contributed by atoms with Gasteiger partial charge in [0.15, 0.2) is 10.4 Å². The normalized spacial score (nSPS) is 10.7. The second-order valence-corrected chi connectivity index (χ2v) is 4.58. The molecule has 0 atom stereocenters. The van der Waals surface area contributed by atoms with E-state index in [-0.39, 0.29) is 0 Å². The van der Waals surface area contributed by atoms with Crippen LogP contribution in [0.4, 0.5) is 0 Å². The Kier molecular flexibility index (Phi) is 3.33. The Balaban J connectivity index is 1.98. The van der Waals surface area contributed by atoms with Gasteiger partial charge in [-0.3, -0.25) is 0 Å². The quantitative estimate of drug-likeness (QED) is 0.794. The molecule has 0 aliphatic rings. The van der Waals surface area contributed by atoms with E-state index in [0.717, 1.165) is 22.5 Å². The summed E-state index contributed by atoms with van der Waals surface area (Å²) in [4.78, 5) is 0. The van der Waals surface area contributed by atoms with Gasteiger partial charge < -0.3 is 4.42 Å². The first-order chi connectivity index (χ1) is 6.75. The number of thioether (sulfide) groups is 1. The molecule has 2 rings (SSSR count). The maximum absolute atomic E-state index is 5.77.